The van der Waals surface area contributed by atoms with Crippen molar-refractivity contribution in [3.63, 3.8) is 0 Å². The summed E-state index contributed by atoms with van der Waals surface area (Å²) in [7, 11) is 1.60. The van der Waals surface area contributed by atoms with Crippen LogP contribution in [0.15, 0.2) is 18.3 Å². The third-order valence-electron chi connectivity index (χ3n) is 1.99. The van der Waals surface area contributed by atoms with E-state index in [4.69, 9.17) is 0 Å². The first-order valence-corrected chi connectivity index (χ1v) is 4.60. The van der Waals surface area contributed by atoms with Gasteiger partial charge < -0.3 is 10.6 Å². The Morgan fingerprint density at radius 1 is 1.57 bits per heavy atom. The fourth-order valence-corrected chi connectivity index (χ4v) is 1.16. The van der Waals surface area contributed by atoms with Crippen LogP contribution in [0.1, 0.15) is 11.3 Å². The van der Waals surface area contributed by atoms with Crippen LogP contribution in [0.3, 0.4) is 0 Å². The van der Waals surface area contributed by atoms with Crippen LogP contribution in [0.2, 0.25) is 0 Å². The van der Waals surface area contributed by atoms with Gasteiger partial charge in [0.25, 0.3) is 0 Å². The van der Waals surface area contributed by atoms with Gasteiger partial charge in [-0.3, -0.25) is 4.98 Å². The summed E-state index contributed by atoms with van der Waals surface area (Å²) in [5.41, 5.74) is 2.19. The molecule has 0 bridgehead atoms. The van der Waals surface area contributed by atoms with Crippen LogP contribution in [-0.2, 0) is 6.42 Å². The number of hydrogen-bond acceptors (Lipinski definition) is 2. The molecule has 1 aromatic heterocycles. The van der Waals surface area contributed by atoms with E-state index in [2.05, 4.69) is 15.6 Å². The lowest BCUT2D eigenvalue weighted by molar-refractivity contribution is 0.243. The summed E-state index contributed by atoms with van der Waals surface area (Å²) in [4.78, 5) is 15.1. The minimum atomic E-state index is -0.154. The van der Waals surface area contributed by atoms with Gasteiger partial charge in [0.05, 0.1) is 0 Å². The van der Waals surface area contributed by atoms with Gasteiger partial charge in [-0.25, -0.2) is 4.79 Å². The van der Waals surface area contributed by atoms with Crippen molar-refractivity contribution in [2.75, 3.05) is 13.6 Å². The van der Waals surface area contributed by atoms with Gasteiger partial charge in [0.15, 0.2) is 0 Å². The van der Waals surface area contributed by atoms with E-state index in [1.165, 1.54) is 0 Å². The number of hydrogen-bond donors (Lipinski definition) is 2. The van der Waals surface area contributed by atoms with Crippen LogP contribution in [0.4, 0.5) is 4.79 Å². The normalized spacial score (nSPS) is 9.57. The molecule has 4 nitrogen and oxygen atoms in total. The molecule has 2 amide bonds. The zero-order valence-electron chi connectivity index (χ0n) is 8.50. The van der Waals surface area contributed by atoms with Gasteiger partial charge in [-0.1, -0.05) is 6.07 Å². The molecule has 1 rings (SSSR count). The highest BCUT2D eigenvalue weighted by Crippen LogP contribution is 2.02. The number of nitrogens with one attached hydrogen (secondary N) is 2. The zero-order chi connectivity index (χ0) is 10.4. The van der Waals surface area contributed by atoms with Crippen LogP contribution in [0, 0.1) is 6.92 Å². The largest absolute Gasteiger partial charge is 0.341 e. The number of rotatable bonds is 3. The molecule has 0 radical (unpaired) electrons. The first-order chi connectivity index (χ1) is 6.74. The van der Waals surface area contributed by atoms with Crippen molar-refractivity contribution in [3.8, 4) is 0 Å². The molecule has 0 aliphatic rings. The van der Waals surface area contributed by atoms with Crippen LogP contribution < -0.4 is 10.6 Å². The highest BCUT2D eigenvalue weighted by Gasteiger charge is 1.99. The Balaban J connectivity index is 2.39. The van der Waals surface area contributed by atoms with E-state index < -0.39 is 0 Å². The lowest BCUT2D eigenvalue weighted by Gasteiger charge is -2.05. The first-order valence-electron chi connectivity index (χ1n) is 4.60. The van der Waals surface area contributed by atoms with E-state index in [0.29, 0.717) is 6.54 Å². The number of carbonyl (C=O) groups excluding carboxylic acids is 1. The Bertz CT molecular complexity index is 312. The molecule has 14 heavy (non-hydrogen) atoms. The highest BCUT2D eigenvalue weighted by molar-refractivity contribution is 5.73. The maximum Gasteiger partial charge on any atom is 0.314 e. The first kappa shape index (κ1) is 10.5. The van der Waals surface area contributed by atoms with Crippen LogP contribution >= 0.6 is 0 Å². The predicted molar refractivity (Wildman–Crippen MR) is 55.1 cm³/mol. The standard InChI is InChI=1S/C10H15N3O/c1-8-4-3-6-12-9(8)5-7-13-10(14)11-2/h3-4,6H,5,7H2,1-2H3,(H2,11,13,14). The molecule has 0 fully saturated rings. The van der Waals surface area contributed by atoms with Gasteiger partial charge in [0, 0.05) is 31.9 Å². The third kappa shape index (κ3) is 3.05. The van der Waals surface area contributed by atoms with E-state index in [0.717, 1.165) is 17.7 Å². The molecule has 1 aromatic rings. The summed E-state index contributed by atoms with van der Waals surface area (Å²) >= 11 is 0. The SMILES string of the molecule is CNC(=O)NCCc1ncccc1C. The molecular weight excluding hydrogens is 178 g/mol. The molecule has 0 aliphatic heterocycles. The summed E-state index contributed by atoms with van der Waals surface area (Å²) in [5, 5.41) is 5.21. The molecule has 1 heterocycles. The van der Waals surface area contributed by atoms with Gasteiger partial charge in [-0.05, 0) is 18.6 Å². The number of aromatic nitrogens is 1. The minimum Gasteiger partial charge on any atom is -0.341 e. The fraction of sp³-hybridized carbons (Fsp3) is 0.400. The second-order valence-corrected chi connectivity index (χ2v) is 3.02. The van der Waals surface area contributed by atoms with Crippen molar-refractivity contribution in [2.45, 2.75) is 13.3 Å². The molecule has 0 aliphatic carbocycles. The molecule has 0 saturated carbocycles. The van der Waals surface area contributed by atoms with Crippen molar-refractivity contribution in [2.24, 2.45) is 0 Å². The summed E-state index contributed by atoms with van der Waals surface area (Å²) in [6, 6.07) is 3.77. The molecule has 0 spiro atoms. The smallest absolute Gasteiger partial charge is 0.314 e. The van der Waals surface area contributed by atoms with Crippen molar-refractivity contribution in [1.82, 2.24) is 15.6 Å². The molecule has 0 saturated heterocycles. The zero-order valence-corrected chi connectivity index (χ0v) is 8.50. The quantitative estimate of drug-likeness (QED) is 0.748. The van der Waals surface area contributed by atoms with Crippen molar-refractivity contribution >= 4 is 6.03 Å². The topological polar surface area (TPSA) is 54.0 Å². The van der Waals surface area contributed by atoms with Crippen molar-refractivity contribution in [1.29, 1.82) is 0 Å². The number of urea groups is 1. The lowest BCUT2D eigenvalue weighted by Crippen LogP contribution is -2.34. The summed E-state index contributed by atoms with van der Waals surface area (Å²) in [6.07, 6.45) is 2.53. The monoisotopic (exact) mass is 193 g/mol. The van der Waals surface area contributed by atoms with E-state index >= 15 is 0 Å². The van der Waals surface area contributed by atoms with E-state index in [1.54, 1.807) is 13.2 Å². The van der Waals surface area contributed by atoms with Crippen LogP contribution in [0.5, 0.6) is 0 Å². The maximum absolute atomic E-state index is 10.8. The van der Waals surface area contributed by atoms with E-state index in [-0.39, 0.29) is 6.03 Å². The molecular formula is C10H15N3O. The maximum atomic E-state index is 10.8. The highest BCUT2D eigenvalue weighted by atomic mass is 16.2. The Morgan fingerprint density at radius 2 is 2.36 bits per heavy atom. The van der Waals surface area contributed by atoms with Crippen molar-refractivity contribution in [3.05, 3.63) is 29.6 Å². The predicted octanol–water partition coefficient (Wildman–Crippen LogP) is 0.862. The average molecular weight is 193 g/mol. The Morgan fingerprint density at radius 3 is 3.00 bits per heavy atom. The molecule has 0 unspecified atom stereocenters. The fourth-order valence-electron chi connectivity index (χ4n) is 1.16. The van der Waals surface area contributed by atoms with Crippen LogP contribution in [-0.4, -0.2) is 24.6 Å². The molecule has 0 atom stereocenters. The van der Waals surface area contributed by atoms with Crippen LogP contribution in [0.25, 0.3) is 0 Å². The number of nitrogens with zero attached hydrogens (tertiary/aromatic N) is 1. The number of carbonyl (C=O) groups is 1. The average Bonchev–Trinajstić information content (AvgIpc) is 2.20. The molecule has 0 aromatic carbocycles. The Kier molecular flexibility index (Phi) is 3.91. The van der Waals surface area contributed by atoms with Gasteiger partial charge in [0.1, 0.15) is 0 Å². The third-order valence-corrected chi connectivity index (χ3v) is 1.99. The summed E-state index contributed by atoms with van der Waals surface area (Å²) in [5.74, 6) is 0. The second kappa shape index (κ2) is 5.21. The Labute approximate surface area is 83.7 Å². The Hall–Kier alpha value is -1.58. The number of amides is 2. The molecule has 4 heteroatoms. The number of aryl methyl sites for hydroxylation is 1. The molecule has 76 valence electrons. The minimum absolute atomic E-state index is 0.154. The van der Waals surface area contributed by atoms with Gasteiger partial charge in [-0.15, -0.1) is 0 Å². The summed E-state index contributed by atoms with van der Waals surface area (Å²) < 4.78 is 0. The lowest BCUT2D eigenvalue weighted by atomic mass is 10.2. The summed E-state index contributed by atoms with van der Waals surface area (Å²) in [6.45, 7) is 2.62. The van der Waals surface area contributed by atoms with E-state index in [9.17, 15) is 4.79 Å². The van der Waals surface area contributed by atoms with Gasteiger partial charge in [0.2, 0.25) is 0 Å². The number of pyridine rings is 1. The van der Waals surface area contributed by atoms with Crippen molar-refractivity contribution < 1.29 is 4.79 Å². The van der Waals surface area contributed by atoms with Gasteiger partial charge in [-0.2, -0.15) is 0 Å². The molecule has 2 N–H and O–H groups in total. The van der Waals surface area contributed by atoms with Gasteiger partial charge >= 0.3 is 6.03 Å². The van der Waals surface area contributed by atoms with E-state index in [1.807, 2.05) is 19.1 Å². The second-order valence-electron chi connectivity index (χ2n) is 3.02.